The Morgan fingerprint density at radius 3 is 2.19 bits per heavy atom. The van der Waals surface area contributed by atoms with E-state index in [0.29, 0.717) is 0 Å². The van der Waals surface area contributed by atoms with E-state index < -0.39 is 60.3 Å². The molecule has 1 amide bonds. The molecule has 1 saturated heterocycles. The summed E-state index contributed by atoms with van der Waals surface area (Å²) in [6.07, 6.45) is -7.06. The van der Waals surface area contributed by atoms with Gasteiger partial charge in [0.05, 0.1) is 5.56 Å². The first-order valence-electron chi connectivity index (χ1n) is 9.62. The maximum atomic E-state index is 12.7. The van der Waals surface area contributed by atoms with Gasteiger partial charge in [0, 0.05) is 19.5 Å². The standard InChI is InChI=1S/C19H22F6N2O5/c1-11(28)32-14-6-5-13(17(29)27-8-12-4-2-3-7-26-12)15(30-9-18(20,21)22)16(14)31-10-19(23,24)25/h5-6,12,26H,2-4,7-10H2,1H3,(H,27,29). The van der Waals surface area contributed by atoms with E-state index in [4.69, 9.17) is 4.74 Å². The molecule has 1 aliphatic heterocycles. The molecule has 0 spiro atoms. The lowest BCUT2D eigenvalue weighted by molar-refractivity contribution is -0.158. The molecule has 1 unspecified atom stereocenters. The molecule has 1 fully saturated rings. The molecule has 1 atom stereocenters. The lowest BCUT2D eigenvalue weighted by Crippen LogP contribution is -2.43. The second-order valence-electron chi connectivity index (χ2n) is 7.03. The SMILES string of the molecule is CC(=O)Oc1ccc(C(=O)NCC2CCCCN2)c(OCC(F)(F)F)c1OCC(F)(F)F. The molecule has 0 saturated carbocycles. The summed E-state index contributed by atoms with van der Waals surface area (Å²) >= 11 is 0. The fourth-order valence-corrected chi connectivity index (χ4v) is 2.96. The third-order valence-electron chi connectivity index (χ3n) is 4.26. The number of halogens is 6. The number of benzene rings is 1. The highest BCUT2D eigenvalue weighted by Crippen LogP contribution is 2.42. The molecule has 0 aliphatic carbocycles. The van der Waals surface area contributed by atoms with Gasteiger partial charge in [-0.15, -0.1) is 0 Å². The van der Waals surface area contributed by atoms with E-state index >= 15 is 0 Å². The van der Waals surface area contributed by atoms with Crippen LogP contribution in [0.5, 0.6) is 17.2 Å². The Bertz CT molecular complexity index is 807. The number of nitrogens with one attached hydrogen (secondary N) is 2. The molecule has 0 bridgehead atoms. The summed E-state index contributed by atoms with van der Waals surface area (Å²) in [6, 6.07) is 1.86. The van der Waals surface area contributed by atoms with Gasteiger partial charge in [0.2, 0.25) is 5.75 Å². The van der Waals surface area contributed by atoms with Gasteiger partial charge in [0.1, 0.15) is 0 Å². The minimum Gasteiger partial charge on any atom is -0.479 e. The van der Waals surface area contributed by atoms with Crippen LogP contribution in [-0.2, 0) is 4.79 Å². The number of piperidine rings is 1. The number of hydrogen-bond donors (Lipinski definition) is 2. The van der Waals surface area contributed by atoms with Crippen molar-refractivity contribution in [3.8, 4) is 17.2 Å². The van der Waals surface area contributed by atoms with Crippen molar-refractivity contribution in [2.24, 2.45) is 0 Å². The van der Waals surface area contributed by atoms with Gasteiger partial charge < -0.3 is 24.8 Å². The monoisotopic (exact) mass is 472 g/mol. The van der Waals surface area contributed by atoms with Gasteiger partial charge in [0.15, 0.2) is 24.7 Å². The summed E-state index contributed by atoms with van der Waals surface area (Å²) < 4.78 is 90.3. The lowest BCUT2D eigenvalue weighted by atomic mass is 10.0. The van der Waals surface area contributed by atoms with Crippen LogP contribution in [0.2, 0.25) is 0 Å². The van der Waals surface area contributed by atoms with Crippen LogP contribution in [0.15, 0.2) is 12.1 Å². The first kappa shape index (κ1) is 25.6. The zero-order valence-electron chi connectivity index (χ0n) is 17.0. The molecule has 7 nitrogen and oxygen atoms in total. The number of hydrogen-bond acceptors (Lipinski definition) is 6. The summed E-state index contributed by atoms with van der Waals surface area (Å²) in [5, 5.41) is 5.68. The Labute approximate surface area is 179 Å². The Kier molecular flexibility index (Phi) is 8.58. The summed E-state index contributed by atoms with van der Waals surface area (Å²) in [5.41, 5.74) is -0.502. The zero-order chi connectivity index (χ0) is 23.9. The Morgan fingerprint density at radius 1 is 1.03 bits per heavy atom. The van der Waals surface area contributed by atoms with Gasteiger partial charge in [0.25, 0.3) is 5.91 Å². The van der Waals surface area contributed by atoms with E-state index in [2.05, 4.69) is 20.1 Å². The van der Waals surface area contributed by atoms with Crippen molar-refractivity contribution < 1.29 is 50.1 Å². The maximum Gasteiger partial charge on any atom is 0.422 e. The third kappa shape index (κ3) is 8.44. The molecule has 180 valence electrons. The molecule has 1 aliphatic rings. The second-order valence-corrected chi connectivity index (χ2v) is 7.03. The van der Waals surface area contributed by atoms with Crippen molar-refractivity contribution >= 4 is 11.9 Å². The maximum absolute atomic E-state index is 12.7. The van der Waals surface area contributed by atoms with Crippen LogP contribution in [0.1, 0.15) is 36.5 Å². The number of alkyl halides is 6. The second kappa shape index (κ2) is 10.7. The summed E-state index contributed by atoms with van der Waals surface area (Å²) in [7, 11) is 0. The van der Waals surface area contributed by atoms with E-state index in [1.807, 2.05) is 0 Å². The predicted octanol–water partition coefficient (Wildman–Crippen LogP) is 3.37. The first-order chi connectivity index (χ1) is 14.9. The van der Waals surface area contributed by atoms with Crippen LogP contribution in [0.4, 0.5) is 26.3 Å². The molecular weight excluding hydrogens is 450 g/mol. The smallest absolute Gasteiger partial charge is 0.422 e. The van der Waals surface area contributed by atoms with Crippen molar-refractivity contribution in [2.45, 2.75) is 44.6 Å². The van der Waals surface area contributed by atoms with E-state index in [-0.39, 0.29) is 12.6 Å². The average Bonchev–Trinajstić information content (AvgIpc) is 2.68. The third-order valence-corrected chi connectivity index (χ3v) is 4.26. The van der Waals surface area contributed by atoms with E-state index in [1.54, 1.807) is 0 Å². The van der Waals surface area contributed by atoms with Gasteiger partial charge in [-0.3, -0.25) is 9.59 Å². The molecule has 1 aromatic carbocycles. The average molecular weight is 472 g/mol. The van der Waals surface area contributed by atoms with Crippen LogP contribution in [0.3, 0.4) is 0 Å². The molecule has 2 N–H and O–H groups in total. The lowest BCUT2D eigenvalue weighted by Gasteiger charge is -2.24. The largest absolute Gasteiger partial charge is 0.479 e. The number of carbonyl (C=O) groups excluding carboxylic acids is 2. The van der Waals surface area contributed by atoms with Crippen LogP contribution in [0, 0.1) is 0 Å². The molecule has 2 rings (SSSR count). The summed E-state index contributed by atoms with van der Waals surface area (Å²) in [6.45, 7) is -2.01. The van der Waals surface area contributed by atoms with Crippen molar-refractivity contribution in [2.75, 3.05) is 26.3 Å². The molecule has 1 heterocycles. The fraction of sp³-hybridized carbons (Fsp3) is 0.579. The number of rotatable bonds is 8. The number of carbonyl (C=O) groups is 2. The molecular formula is C19H22F6N2O5. The summed E-state index contributed by atoms with van der Waals surface area (Å²) in [4.78, 5) is 23.9. The fourth-order valence-electron chi connectivity index (χ4n) is 2.96. The van der Waals surface area contributed by atoms with E-state index in [9.17, 15) is 35.9 Å². The van der Waals surface area contributed by atoms with Crippen molar-refractivity contribution in [3.63, 3.8) is 0 Å². The van der Waals surface area contributed by atoms with Gasteiger partial charge in [-0.05, 0) is 31.5 Å². The topological polar surface area (TPSA) is 85.9 Å². The summed E-state index contributed by atoms with van der Waals surface area (Å²) in [5.74, 6) is -4.33. The Morgan fingerprint density at radius 2 is 1.66 bits per heavy atom. The molecule has 32 heavy (non-hydrogen) atoms. The Balaban J connectivity index is 2.38. The zero-order valence-corrected chi connectivity index (χ0v) is 17.0. The molecule has 0 aromatic heterocycles. The molecule has 0 radical (unpaired) electrons. The molecule has 13 heteroatoms. The van der Waals surface area contributed by atoms with Crippen molar-refractivity contribution in [3.05, 3.63) is 17.7 Å². The highest BCUT2D eigenvalue weighted by atomic mass is 19.4. The normalized spacial score (nSPS) is 16.9. The van der Waals surface area contributed by atoms with Crippen LogP contribution in [-0.4, -0.2) is 56.6 Å². The number of esters is 1. The van der Waals surface area contributed by atoms with E-state index in [0.717, 1.165) is 44.9 Å². The van der Waals surface area contributed by atoms with Gasteiger partial charge >= 0.3 is 18.3 Å². The van der Waals surface area contributed by atoms with Gasteiger partial charge in [-0.1, -0.05) is 6.42 Å². The van der Waals surface area contributed by atoms with Crippen LogP contribution < -0.4 is 24.8 Å². The Hall–Kier alpha value is -2.70. The molecule has 1 aromatic rings. The minimum absolute atomic E-state index is 0.0616. The van der Waals surface area contributed by atoms with Crippen LogP contribution >= 0.6 is 0 Å². The van der Waals surface area contributed by atoms with Crippen molar-refractivity contribution in [1.82, 2.24) is 10.6 Å². The van der Waals surface area contributed by atoms with Crippen LogP contribution in [0.25, 0.3) is 0 Å². The highest BCUT2D eigenvalue weighted by molar-refractivity contribution is 5.98. The van der Waals surface area contributed by atoms with Gasteiger partial charge in [-0.2, -0.15) is 26.3 Å². The first-order valence-corrected chi connectivity index (χ1v) is 9.62. The van der Waals surface area contributed by atoms with E-state index in [1.165, 1.54) is 0 Å². The quantitative estimate of drug-likeness (QED) is 0.343. The van der Waals surface area contributed by atoms with Gasteiger partial charge in [-0.25, -0.2) is 0 Å². The predicted molar refractivity (Wildman–Crippen MR) is 98.8 cm³/mol. The number of amides is 1. The van der Waals surface area contributed by atoms with Crippen molar-refractivity contribution in [1.29, 1.82) is 0 Å². The number of ether oxygens (including phenoxy) is 3. The minimum atomic E-state index is -4.86. The highest BCUT2D eigenvalue weighted by Gasteiger charge is 2.34.